The highest BCUT2D eigenvalue weighted by Crippen LogP contribution is 2.31. The molecule has 0 aromatic heterocycles. The van der Waals surface area contributed by atoms with Crippen molar-refractivity contribution in [1.82, 2.24) is 0 Å². The van der Waals surface area contributed by atoms with Crippen LogP contribution in [-0.4, -0.2) is 21.3 Å². The van der Waals surface area contributed by atoms with E-state index in [9.17, 15) is 0 Å². The number of rotatable bonds is 0. The molecule has 0 bridgehead atoms. The van der Waals surface area contributed by atoms with Gasteiger partial charge in [0.15, 0.2) is 0 Å². The molecule has 0 fully saturated rings. The molecule has 2 aliphatic heterocycles. The van der Waals surface area contributed by atoms with E-state index in [1.807, 2.05) is 178 Å². The Balaban J connectivity index is -0.000000395. The number of fused-ring (bicyclic) bond motifs is 2. The third-order valence-corrected chi connectivity index (χ3v) is 7.86. The third-order valence-electron chi connectivity index (χ3n) is 6.98. The molecule has 0 radical (unpaired) electrons. The van der Waals surface area contributed by atoms with Gasteiger partial charge in [0.25, 0.3) is 0 Å². The van der Waals surface area contributed by atoms with Crippen molar-refractivity contribution in [2.24, 2.45) is 0 Å². The monoisotopic (exact) mass is 829 g/mol. The van der Waals surface area contributed by atoms with Crippen LogP contribution in [0.1, 0.15) is 168 Å². The average Bonchev–Trinajstić information content (AvgIpc) is 3.35. The highest BCUT2D eigenvalue weighted by molar-refractivity contribution is 6.83. The van der Waals surface area contributed by atoms with E-state index >= 15 is 0 Å². The molecule has 0 unspecified atom stereocenters. The van der Waals surface area contributed by atoms with Gasteiger partial charge in [-0.05, 0) is 85.3 Å². The molecule has 2 heterocycles. The molecule has 2 aliphatic rings. The minimum Gasteiger partial charge on any atom is -0.492 e. The van der Waals surface area contributed by atoms with Crippen LogP contribution < -0.4 is 9.47 Å². The minimum atomic E-state index is -1.43. The molecule has 4 aromatic carbocycles. The normalized spacial score (nSPS) is 10.0. The highest BCUT2D eigenvalue weighted by Gasteiger charge is 2.16. The Bertz CT molecular complexity index is 1860. The molecule has 4 aromatic rings. The molecule has 60 heavy (non-hydrogen) atoms. The van der Waals surface area contributed by atoms with Gasteiger partial charge < -0.3 is 9.47 Å². The Kier molecular flexibility index (Phi) is 43.2. The molecule has 0 N–H and O–H groups in total. The summed E-state index contributed by atoms with van der Waals surface area (Å²) in [5.41, 5.74) is 11.7. The lowest BCUT2D eigenvalue weighted by molar-refractivity contribution is 0.287. The highest BCUT2D eigenvalue weighted by atomic mass is 28.3. The SMILES string of the molecule is C#Cc1cc(C#Cc2ccccc2)cc2c1OCCC2.CC.CC.CC.CC.CC.CC.CC.CC.C[Si](C)(C)C#Cc1cc(C#Cc2ccccc2)cc2c1OCCC2. The van der Waals surface area contributed by atoms with Crippen LogP contribution in [0.3, 0.4) is 0 Å². The van der Waals surface area contributed by atoms with Crippen molar-refractivity contribution in [2.45, 2.75) is 156 Å². The van der Waals surface area contributed by atoms with Crippen molar-refractivity contribution >= 4 is 8.07 Å². The van der Waals surface area contributed by atoms with E-state index in [0.29, 0.717) is 0 Å². The summed E-state index contributed by atoms with van der Waals surface area (Å²) < 4.78 is 11.6. The second-order valence-electron chi connectivity index (χ2n) is 11.8. The summed E-state index contributed by atoms with van der Waals surface area (Å²) in [6, 6.07) is 28.3. The van der Waals surface area contributed by atoms with E-state index in [0.717, 1.165) is 83.8 Å². The first-order valence-corrected chi connectivity index (χ1v) is 26.6. The summed E-state index contributed by atoms with van der Waals surface area (Å²) in [6.45, 7) is 40.3. The standard InChI is InChI=1S/C22H22OSi.C19H14O.8C2H6/c1-24(2,3)15-13-21-17-19(12-11-18-8-5-4-6-9-18)16-20-10-7-14-23-22(20)21;1-2-17-13-16(11-10-15-7-4-3-5-8-15)14-18-9-6-12-20-19(17)18;8*1-2/h4-6,8-9,16-17H,7,10,14H2,1-3H3;1,3-5,7-8,13-14H,6,9,12H2;8*1-2H3. The zero-order chi connectivity index (χ0) is 46.8. The number of hydrogen-bond donors (Lipinski definition) is 0. The van der Waals surface area contributed by atoms with E-state index in [2.05, 4.69) is 78.9 Å². The Hall–Kier alpha value is -5.06. The quantitative estimate of drug-likeness (QED) is 0.130. The molecule has 0 amide bonds. The molecule has 0 aliphatic carbocycles. The molecular formula is C57H84O2Si. The van der Waals surface area contributed by atoms with Crippen LogP contribution in [0.15, 0.2) is 84.9 Å². The van der Waals surface area contributed by atoms with Crippen LogP contribution in [0.5, 0.6) is 11.5 Å². The molecular weight excluding hydrogens is 745 g/mol. The maximum Gasteiger partial charge on any atom is 0.138 e. The smallest absolute Gasteiger partial charge is 0.138 e. The molecule has 0 saturated carbocycles. The second-order valence-corrected chi connectivity index (χ2v) is 16.6. The zero-order valence-electron chi connectivity index (χ0n) is 41.7. The van der Waals surface area contributed by atoms with Gasteiger partial charge in [-0.1, -0.05) is 202 Å². The lowest BCUT2D eigenvalue weighted by atomic mass is 9.99. The van der Waals surface area contributed by atoms with Gasteiger partial charge in [0, 0.05) is 22.3 Å². The molecule has 0 spiro atoms. The van der Waals surface area contributed by atoms with Crippen molar-refractivity contribution in [3.63, 3.8) is 0 Å². The molecule has 3 heteroatoms. The molecule has 0 saturated heterocycles. The Morgan fingerprint density at radius 2 is 0.767 bits per heavy atom. The van der Waals surface area contributed by atoms with Gasteiger partial charge in [-0.25, -0.2) is 0 Å². The fourth-order valence-electron chi connectivity index (χ4n) is 4.89. The first kappa shape index (κ1) is 61.6. The zero-order valence-corrected chi connectivity index (χ0v) is 42.7. The summed E-state index contributed by atoms with van der Waals surface area (Å²) in [6.07, 6.45) is 9.71. The summed E-state index contributed by atoms with van der Waals surface area (Å²) in [7, 11) is -1.43. The molecule has 2 nitrogen and oxygen atoms in total. The summed E-state index contributed by atoms with van der Waals surface area (Å²) in [4.78, 5) is 0. The van der Waals surface area contributed by atoms with Crippen LogP contribution >= 0.6 is 0 Å². The first-order chi connectivity index (χ1) is 29.4. The Morgan fingerprint density at radius 3 is 1.12 bits per heavy atom. The van der Waals surface area contributed by atoms with Crippen LogP contribution in [0, 0.1) is 47.5 Å². The summed E-state index contributed by atoms with van der Waals surface area (Å²) in [5.74, 6) is 20.8. The largest absolute Gasteiger partial charge is 0.492 e. The van der Waals surface area contributed by atoms with Crippen LogP contribution in [0.25, 0.3) is 0 Å². The van der Waals surface area contributed by atoms with Crippen LogP contribution in [-0.2, 0) is 12.8 Å². The number of ether oxygens (including phenoxy) is 2. The number of aryl methyl sites for hydroxylation is 2. The van der Waals surface area contributed by atoms with Crippen molar-refractivity contribution in [3.8, 4) is 59.0 Å². The molecule has 0 atom stereocenters. The van der Waals surface area contributed by atoms with Crippen LogP contribution in [0.4, 0.5) is 0 Å². The van der Waals surface area contributed by atoms with Gasteiger partial charge in [0.2, 0.25) is 0 Å². The number of benzene rings is 4. The lowest BCUT2D eigenvalue weighted by Crippen LogP contribution is -2.16. The number of hydrogen-bond acceptors (Lipinski definition) is 2. The van der Waals surface area contributed by atoms with Gasteiger partial charge in [0.1, 0.15) is 19.6 Å². The van der Waals surface area contributed by atoms with Gasteiger partial charge in [-0.15, -0.1) is 12.0 Å². The third kappa shape index (κ3) is 25.4. The van der Waals surface area contributed by atoms with E-state index < -0.39 is 8.07 Å². The van der Waals surface area contributed by atoms with Crippen molar-refractivity contribution in [2.75, 3.05) is 13.2 Å². The topological polar surface area (TPSA) is 18.5 Å². The van der Waals surface area contributed by atoms with Gasteiger partial charge >= 0.3 is 0 Å². The Labute approximate surface area is 373 Å². The fraction of sp³-hybridized carbons (Fsp3) is 0.439. The maximum atomic E-state index is 5.90. The predicted molar refractivity (Wildman–Crippen MR) is 274 cm³/mol. The minimum absolute atomic E-state index is 0.747. The van der Waals surface area contributed by atoms with E-state index in [-0.39, 0.29) is 0 Å². The van der Waals surface area contributed by atoms with Gasteiger partial charge in [-0.3, -0.25) is 0 Å². The maximum absolute atomic E-state index is 5.90. The first-order valence-electron chi connectivity index (χ1n) is 23.1. The Morgan fingerprint density at radius 1 is 0.433 bits per heavy atom. The second kappa shape index (κ2) is 42.1. The van der Waals surface area contributed by atoms with E-state index in [1.54, 1.807) is 0 Å². The van der Waals surface area contributed by atoms with E-state index in [1.165, 1.54) is 11.1 Å². The lowest BCUT2D eigenvalue weighted by Gasteiger charge is -2.19. The fourth-order valence-corrected chi connectivity index (χ4v) is 5.40. The molecule has 6 rings (SSSR count). The number of terminal acetylenes is 1. The predicted octanol–water partition coefficient (Wildman–Crippen LogP) is 16.2. The average molecular weight is 829 g/mol. The van der Waals surface area contributed by atoms with Crippen molar-refractivity contribution in [3.05, 3.63) is 129 Å². The van der Waals surface area contributed by atoms with E-state index in [4.69, 9.17) is 15.9 Å². The summed E-state index contributed by atoms with van der Waals surface area (Å²) >= 11 is 0. The van der Waals surface area contributed by atoms with Gasteiger partial charge in [-0.2, -0.15) is 0 Å². The molecule has 328 valence electrons. The van der Waals surface area contributed by atoms with Crippen molar-refractivity contribution in [1.29, 1.82) is 0 Å². The van der Waals surface area contributed by atoms with Crippen LogP contribution in [0.2, 0.25) is 19.6 Å². The van der Waals surface area contributed by atoms with Gasteiger partial charge in [0.05, 0.1) is 24.3 Å². The van der Waals surface area contributed by atoms with Crippen molar-refractivity contribution < 1.29 is 9.47 Å². The summed E-state index contributed by atoms with van der Waals surface area (Å²) in [5, 5.41) is 0.